The summed E-state index contributed by atoms with van der Waals surface area (Å²) in [4.78, 5) is 82.8. The number of carbonyl (C=O) groups excluding carboxylic acids is 6. The Labute approximate surface area is 289 Å². The molecule has 2 aromatic carbocycles. The molecule has 0 bridgehead atoms. The van der Waals surface area contributed by atoms with Gasteiger partial charge in [-0.05, 0) is 75.6 Å². The van der Waals surface area contributed by atoms with Gasteiger partial charge in [-0.15, -0.1) is 0 Å². The van der Waals surface area contributed by atoms with Gasteiger partial charge in [-0.1, -0.05) is 12.1 Å². The Kier molecular flexibility index (Phi) is 16.9. The number of ether oxygens (including phenoxy) is 2. The molecule has 1 unspecified atom stereocenters. The summed E-state index contributed by atoms with van der Waals surface area (Å²) in [5, 5.41) is 25.2. The molecule has 50 heavy (non-hydrogen) atoms. The number of alkyl carbamates (subject to hydrolysis) is 1. The molecular weight excluding hydrogens is 652 g/mol. The number of benzene rings is 2. The van der Waals surface area contributed by atoms with E-state index in [1.807, 2.05) is 0 Å². The number of nitrogens with one attached hydrogen (secondary N) is 3. The monoisotopic (exact) mass is 696 g/mol. The molecule has 3 amide bonds. The van der Waals surface area contributed by atoms with E-state index in [0.717, 1.165) is 5.56 Å². The summed E-state index contributed by atoms with van der Waals surface area (Å²) in [6.07, 6.45) is -1.75. The molecule has 0 saturated heterocycles. The van der Waals surface area contributed by atoms with E-state index in [1.54, 1.807) is 69.3 Å². The molecule has 0 aliphatic heterocycles. The fraction of sp³-hybridized carbons (Fsp3) is 0.441. The third-order valence-corrected chi connectivity index (χ3v) is 6.78. The number of hydrogen-bond donors (Lipinski definition) is 5. The predicted molar refractivity (Wildman–Crippen MR) is 181 cm³/mol. The molecule has 2 atom stereocenters. The fourth-order valence-electron chi connectivity index (χ4n) is 4.30. The van der Waals surface area contributed by atoms with E-state index in [4.69, 9.17) is 15.2 Å². The summed E-state index contributed by atoms with van der Waals surface area (Å²) < 4.78 is 10.0. The Bertz CT molecular complexity index is 1500. The first-order chi connectivity index (χ1) is 23.7. The smallest absolute Gasteiger partial charge is 0.408 e. The lowest BCUT2D eigenvalue weighted by Crippen LogP contribution is -2.45. The van der Waals surface area contributed by atoms with Crippen LogP contribution in [0.3, 0.4) is 0 Å². The van der Waals surface area contributed by atoms with Crippen LogP contribution in [0.15, 0.2) is 58.8 Å². The second-order valence-electron chi connectivity index (χ2n) is 12.2. The van der Waals surface area contributed by atoms with Gasteiger partial charge in [0.15, 0.2) is 11.6 Å². The van der Waals surface area contributed by atoms with Crippen LogP contribution < -0.4 is 21.7 Å². The van der Waals surface area contributed by atoms with Crippen molar-refractivity contribution in [2.45, 2.75) is 83.5 Å². The van der Waals surface area contributed by atoms with Crippen LogP contribution in [-0.2, 0) is 44.7 Å². The number of azo groups is 1. The number of Topliss-reactive ketones (excluding diaryl/α,β-unsaturated/α-hetero) is 2. The van der Waals surface area contributed by atoms with Crippen molar-refractivity contribution in [1.29, 1.82) is 0 Å². The van der Waals surface area contributed by atoms with Crippen LogP contribution in [0.25, 0.3) is 0 Å². The molecule has 6 N–H and O–H groups in total. The number of ketones is 2. The number of hydrogen-bond acceptors (Lipinski definition) is 12. The number of carboxylic acids is 1. The largest absolute Gasteiger partial charge is 0.480 e. The normalized spacial score (nSPS) is 12.3. The molecule has 0 radical (unpaired) electrons. The minimum atomic E-state index is -1.40. The SMILES string of the molecule is CC(C)(C)OC(=O)N[C@@H](CC(CCCC(=O)NCC(=O)CCC(=O)Nc1ccc(N=Nc2ccc(CC(=O)CN)cc2)cc1)OC=O)C(=O)O. The molecular formula is C34H44N6O10. The Hall–Kier alpha value is -5.51. The lowest BCUT2D eigenvalue weighted by Gasteiger charge is -2.24. The van der Waals surface area contributed by atoms with Gasteiger partial charge < -0.3 is 36.3 Å². The standard InChI is InChI=1S/C34H44N6O10/c1-34(2,3)50-33(48)38-29(32(46)47)18-28(49-21-41)5-4-6-30(44)36-20-26(42)15-16-31(45)37-23-11-13-25(14-12-23)40-39-24-9-7-22(8-10-24)17-27(43)19-35/h7-14,21,28-29H,4-6,15-20,35H2,1-3H3,(H,36,44)(H,37,45)(H,38,48)(H,46,47)/t28?,29-/m0/s1. The van der Waals surface area contributed by atoms with E-state index >= 15 is 0 Å². The summed E-state index contributed by atoms with van der Waals surface area (Å²) in [7, 11) is 0. The number of anilines is 1. The average Bonchev–Trinajstić information content (AvgIpc) is 3.05. The van der Waals surface area contributed by atoms with E-state index in [2.05, 4.69) is 26.2 Å². The third-order valence-electron chi connectivity index (χ3n) is 6.78. The van der Waals surface area contributed by atoms with Crippen molar-refractivity contribution in [2.75, 3.05) is 18.4 Å². The van der Waals surface area contributed by atoms with Gasteiger partial charge in [0.05, 0.1) is 24.5 Å². The Morgan fingerprint density at radius 1 is 0.880 bits per heavy atom. The van der Waals surface area contributed by atoms with Crippen LogP contribution in [0, 0.1) is 0 Å². The third kappa shape index (κ3) is 17.1. The molecule has 2 aromatic rings. The van der Waals surface area contributed by atoms with Gasteiger partial charge >= 0.3 is 12.1 Å². The number of carbonyl (C=O) groups is 7. The fourth-order valence-corrected chi connectivity index (χ4v) is 4.30. The topological polar surface area (TPSA) is 245 Å². The zero-order valence-corrected chi connectivity index (χ0v) is 28.3. The first-order valence-corrected chi connectivity index (χ1v) is 15.9. The Balaban J connectivity index is 1.70. The van der Waals surface area contributed by atoms with Crippen molar-refractivity contribution >= 4 is 59.0 Å². The van der Waals surface area contributed by atoms with Gasteiger partial charge in [-0.2, -0.15) is 10.2 Å². The van der Waals surface area contributed by atoms with E-state index in [0.29, 0.717) is 17.1 Å². The maximum atomic E-state index is 12.3. The number of amides is 3. The number of nitrogens with zero attached hydrogens (tertiary/aromatic N) is 2. The average molecular weight is 697 g/mol. The Morgan fingerprint density at radius 3 is 2.06 bits per heavy atom. The van der Waals surface area contributed by atoms with Crippen molar-refractivity contribution in [3.8, 4) is 0 Å². The number of rotatable bonds is 21. The zero-order valence-electron chi connectivity index (χ0n) is 28.3. The highest BCUT2D eigenvalue weighted by Gasteiger charge is 2.27. The van der Waals surface area contributed by atoms with Crippen LogP contribution in [0.1, 0.15) is 64.9 Å². The van der Waals surface area contributed by atoms with Gasteiger partial charge in [0, 0.05) is 37.8 Å². The van der Waals surface area contributed by atoms with Gasteiger partial charge in [0.25, 0.3) is 6.47 Å². The van der Waals surface area contributed by atoms with E-state index in [1.165, 1.54) is 0 Å². The quantitative estimate of drug-likeness (QED) is 0.0931. The van der Waals surface area contributed by atoms with E-state index in [-0.39, 0.29) is 76.1 Å². The molecule has 0 heterocycles. The molecule has 0 fully saturated rings. The number of aliphatic carboxylic acids is 1. The highest BCUT2D eigenvalue weighted by Crippen LogP contribution is 2.21. The van der Waals surface area contributed by atoms with Crippen molar-refractivity contribution in [3.63, 3.8) is 0 Å². The number of carboxylic acid groups (broad SMARTS) is 1. The van der Waals surface area contributed by atoms with Crippen LogP contribution in [0.2, 0.25) is 0 Å². The van der Waals surface area contributed by atoms with Gasteiger partial charge in [-0.3, -0.25) is 24.0 Å². The second kappa shape index (κ2) is 20.8. The van der Waals surface area contributed by atoms with Crippen molar-refractivity contribution in [3.05, 3.63) is 54.1 Å². The lowest BCUT2D eigenvalue weighted by atomic mass is 10.0. The molecule has 0 spiro atoms. The molecule has 16 heteroatoms. The summed E-state index contributed by atoms with van der Waals surface area (Å²) >= 11 is 0. The molecule has 0 saturated carbocycles. The summed E-state index contributed by atoms with van der Waals surface area (Å²) in [5.74, 6) is -2.62. The van der Waals surface area contributed by atoms with Crippen LogP contribution in [-0.4, -0.2) is 77.9 Å². The van der Waals surface area contributed by atoms with E-state index < -0.39 is 41.6 Å². The van der Waals surface area contributed by atoms with Crippen molar-refractivity contribution < 1.29 is 48.1 Å². The number of nitrogens with two attached hydrogens (primary N) is 1. The second-order valence-corrected chi connectivity index (χ2v) is 12.2. The summed E-state index contributed by atoms with van der Waals surface area (Å²) in [6.45, 7) is 4.73. The maximum absolute atomic E-state index is 12.3. The van der Waals surface area contributed by atoms with Gasteiger partial charge in [0.1, 0.15) is 17.7 Å². The lowest BCUT2D eigenvalue weighted by molar-refractivity contribution is -0.143. The minimum Gasteiger partial charge on any atom is -0.480 e. The van der Waals surface area contributed by atoms with Gasteiger partial charge in [-0.25, -0.2) is 9.59 Å². The van der Waals surface area contributed by atoms with Crippen LogP contribution in [0.4, 0.5) is 21.9 Å². The van der Waals surface area contributed by atoms with Crippen LogP contribution in [0.5, 0.6) is 0 Å². The van der Waals surface area contributed by atoms with Crippen molar-refractivity contribution in [2.24, 2.45) is 16.0 Å². The zero-order chi connectivity index (χ0) is 37.1. The first kappa shape index (κ1) is 40.7. The Morgan fingerprint density at radius 2 is 1.50 bits per heavy atom. The molecule has 270 valence electrons. The molecule has 2 rings (SSSR count). The summed E-state index contributed by atoms with van der Waals surface area (Å²) in [6, 6.07) is 12.2. The van der Waals surface area contributed by atoms with E-state index in [9.17, 15) is 38.7 Å². The minimum absolute atomic E-state index is 0.00979. The molecule has 0 aromatic heterocycles. The predicted octanol–water partition coefficient (Wildman–Crippen LogP) is 3.66. The highest BCUT2D eigenvalue weighted by molar-refractivity contribution is 5.94. The van der Waals surface area contributed by atoms with Gasteiger partial charge in [0.2, 0.25) is 11.8 Å². The van der Waals surface area contributed by atoms with Crippen LogP contribution >= 0.6 is 0 Å². The maximum Gasteiger partial charge on any atom is 0.408 e. The molecule has 0 aliphatic carbocycles. The highest BCUT2D eigenvalue weighted by atomic mass is 16.6. The first-order valence-electron chi connectivity index (χ1n) is 15.9. The summed E-state index contributed by atoms with van der Waals surface area (Å²) in [5.41, 5.74) is 6.97. The van der Waals surface area contributed by atoms with Crippen molar-refractivity contribution in [1.82, 2.24) is 10.6 Å². The molecule has 16 nitrogen and oxygen atoms in total. The molecule has 0 aliphatic rings.